The molecule has 2 aromatic rings. The number of rotatable bonds is 9. The van der Waals surface area contributed by atoms with Gasteiger partial charge in [0.15, 0.2) is 0 Å². The average Bonchev–Trinajstić information content (AvgIpc) is 2.63. The molecule has 0 heterocycles. The first-order valence-electron chi connectivity index (χ1n) is 9.23. The number of nitrogens with two attached hydrogens (primary N) is 1. The SMILES string of the molecule is CC(C)(C)c1ccc(OCc2ccc([N+](=O)[O-])cc2)c(C[NH2+]CCCO)c1. The lowest BCUT2D eigenvalue weighted by molar-refractivity contribution is -0.671. The standard InChI is InChI=1S/C21H28N2O4/c1-21(2,3)18-7-10-20(17(13-18)14-22-11-4-12-24)27-15-16-5-8-19(9-6-16)23(25)26/h5-10,13,22,24H,4,11-12,14-15H2,1-3H3/p+1. The Kier molecular flexibility index (Phi) is 7.33. The van der Waals surface area contributed by atoms with Crippen LogP contribution in [0.4, 0.5) is 5.69 Å². The van der Waals surface area contributed by atoms with Crippen LogP contribution in [-0.4, -0.2) is 23.2 Å². The summed E-state index contributed by atoms with van der Waals surface area (Å²) in [5, 5.41) is 21.9. The second-order valence-corrected chi connectivity index (χ2v) is 7.64. The number of non-ortho nitro benzene ring substituents is 1. The highest BCUT2D eigenvalue weighted by Gasteiger charge is 2.17. The van der Waals surface area contributed by atoms with Gasteiger partial charge in [0, 0.05) is 30.7 Å². The molecule has 0 unspecified atom stereocenters. The lowest BCUT2D eigenvalue weighted by Gasteiger charge is -2.21. The molecule has 6 heteroatoms. The van der Waals surface area contributed by atoms with Crippen molar-refractivity contribution in [1.82, 2.24) is 0 Å². The zero-order chi connectivity index (χ0) is 19.9. The van der Waals surface area contributed by atoms with Crippen molar-refractivity contribution in [2.45, 2.75) is 45.8 Å². The van der Waals surface area contributed by atoms with E-state index in [4.69, 9.17) is 9.84 Å². The monoisotopic (exact) mass is 373 g/mol. The molecule has 3 N–H and O–H groups in total. The maximum absolute atomic E-state index is 10.8. The van der Waals surface area contributed by atoms with E-state index in [0.717, 1.165) is 36.4 Å². The van der Waals surface area contributed by atoms with Crippen LogP contribution in [-0.2, 0) is 18.6 Å². The van der Waals surface area contributed by atoms with Gasteiger partial charge in [0.2, 0.25) is 0 Å². The summed E-state index contributed by atoms with van der Waals surface area (Å²) in [5.74, 6) is 0.821. The Morgan fingerprint density at radius 1 is 1.15 bits per heavy atom. The first-order chi connectivity index (χ1) is 12.8. The van der Waals surface area contributed by atoms with Crippen LogP contribution in [0.3, 0.4) is 0 Å². The molecular weight excluding hydrogens is 344 g/mol. The number of aliphatic hydroxyl groups excluding tert-OH is 1. The van der Waals surface area contributed by atoms with Crippen LogP contribution < -0.4 is 10.1 Å². The number of hydrogen-bond donors (Lipinski definition) is 2. The van der Waals surface area contributed by atoms with Crippen LogP contribution in [0.1, 0.15) is 43.9 Å². The van der Waals surface area contributed by atoms with Crippen LogP contribution >= 0.6 is 0 Å². The summed E-state index contributed by atoms with van der Waals surface area (Å²) in [6.45, 7) is 8.73. The Labute approximate surface area is 160 Å². The number of quaternary nitrogens is 1. The van der Waals surface area contributed by atoms with Gasteiger partial charge in [-0.2, -0.15) is 0 Å². The van der Waals surface area contributed by atoms with Gasteiger partial charge in [-0.05, 0) is 40.8 Å². The molecule has 0 aliphatic rings. The molecule has 0 bridgehead atoms. The smallest absolute Gasteiger partial charge is 0.269 e. The van der Waals surface area contributed by atoms with Crippen molar-refractivity contribution in [2.24, 2.45) is 0 Å². The highest BCUT2D eigenvalue weighted by atomic mass is 16.6. The number of benzene rings is 2. The fourth-order valence-electron chi connectivity index (χ4n) is 2.71. The van der Waals surface area contributed by atoms with E-state index in [0.29, 0.717) is 6.61 Å². The summed E-state index contributed by atoms with van der Waals surface area (Å²) >= 11 is 0. The molecule has 0 amide bonds. The fraction of sp³-hybridized carbons (Fsp3) is 0.429. The van der Waals surface area contributed by atoms with E-state index in [9.17, 15) is 10.1 Å². The highest BCUT2D eigenvalue weighted by Crippen LogP contribution is 2.28. The first kappa shape index (κ1) is 20.9. The van der Waals surface area contributed by atoms with E-state index in [-0.39, 0.29) is 17.7 Å². The predicted octanol–water partition coefficient (Wildman–Crippen LogP) is 2.92. The molecule has 0 spiro atoms. The van der Waals surface area contributed by atoms with Crippen molar-refractivity contribution < 1.29 is 20.1 Å². The Morgan fingerprint density at radius 2 is 1.85 bits per heavy atom. The molecule has 146 valence electrons. The van der Waals surface area contributed by atoms with E-state index in [1.165, 1.54) is 17.7 Å². The van der Waals surface area contributed by atoms with E-state index in [2.05, 4.69) is 38.2 Å². The highest BCUT2D eigenvalue weighted by molar-refractivity contribution is 5.40. The molecule has 0 fully saturated rings. The molecule has 6 nitrogen and oxygen atoms in total. The van der Waals surface area contributed by atoms with E-state index in [1.54, 1.807) is 12.1 Å². The zero-order valence-corrected chi connectivity index (χ0v) is 16.3. The van der Waals surface area contributed by atoms with Gasteiger partial charge >= 0.3 is 0 Å². The molecule has 0 saturated heterocycles. The molecule has 2 rings (SSSR count). The van der Waals surface area contributed by atoms with Crippen LogP contribution in [0.25, 0.3) is 0 Å². The molecule has 0 aromatic heterocycles. The lowest BCUT2D eigenvalue weighted by Crippen LogP contribution is -2.82. The van der Waals surface area contributed by atoms with Crippen molar-refractivity contribution in [1.29, 1.82) is 0 Å². The van der Waals surface area contributed by atoms with Crippen molar-refractivity contribution in [3.05, 3.63) is 69.3 Å². The average molecular weight is 373 g/mol. The first-order valence-corrected chi connectivity index (χ1v) is 9.23. The second kappa shape index (κ2) is 9.48. The summed E-state index contributed by atoms with van der Waals surface area (Å²) in [4.78, 5) is 10.3. The Hall–Kier alpha value is -2.44. The topological polar surface area (TPSA) is 89.2 Å². The van der Waals surface area contributed by atoms with Gasteiger partial charge < -0.3 is 15.2 Å². The molecule has 27 heavy (non-hydrogen) atoms. The lowest BCUT2D eigenvalue weighted by atomic mass is 9.86. The minimum atomic E-state index is -0.407. The van der Waals surface area contributed by atoms with Gasteiger partial charge in [0.05, 0.1) is 11.5 Å². The van der Waals surface area contributed by atoms with Gasteiger partial charge in [0.1, 0.15) is 18.9 Å². The Balaban J connectivity index is 2.12. The number of aliphatic hydroxyl groups is 1. The third-order valence-corrected chi connectivity index (χ3v) is 4.40. The minimum absolute atomic E-state index is 0.0523. The summed E-state index contributed by atoms with van der Waals surface area (Å²) in [7, 11) is 0. The molecular formula is C21H29N2O4+. The fourth-order valence-corrected chi connectivity index (χ4v) is 2.71. The van der Waals surface area contributed by atoms with Crippen molar-refractivity contribution >= 4 is 5.69 Å². The summed E-state index contributed by atoms with van der Waals surface area (Å²) in [6, 6.07) is 12.7. The number of nitro benzene ring substituents is 1. The van der Waals surface area contributed by atoms with E-state index >= 15 is 0 Å². The summed E-state index contributed by atoms with van der Waals surface area (Å²) < 4.78 is 6.01. The Morgan fingerprint density at radius 3 is 2.44 bits per heavy atom. The number of hydrogen-bond acceptors (Lipinski definition) is 4. The van der Waals surface area contributed by atoms with Gasteiger partial charge in [-0.25, -0.2) is 0 Å². The van der Waals surface area contributed by atoms with E-state index < -0.39 is 4.92 Å². The molecule has 2 aromatic carbocycles. The molecule has 0 atom stereocenters. The zero-order valence-electron chi connectivity index (χ0n) is 16.3. The molecule has 0 radical (unpaired) electrons. The van der Waals surface area contributed by atoms with Crippen molar-refractivity contribution in [2.75, 3.05) is 13.2 Å². The van der Waals surface area contributed by atoms with Crippen LogP contribution in [0.15, 0.2) is 42.5 Å². The van der Waals surface area contributed by atoms with Crippen molar-refractivity contribution in [3.8, 4) is 5.75 Å². The van der Waals surface area contributed by atoms with Crippen LogP contribution in [0.5, 0.6) is 5.75 Å². The van der Waals surface area contributed by atoms with Gasteiger partial charge in [-0.15, -0.1) is 0 Å². The van der Waals surface area contributed by atoms with E-state index in [1.807, 2.05) is 6.07 Å². The molecule has 0 aliphatic carbocycles. The van der Waals surface area contributed by atoms with Gasteiger partial charge in [-0.1, -0.05) is 26.8 Å². The second-order valence-electron chi connectivity index (χ2n) is 7.64. The third-order valence-electron chi connectivity index (χ3n) is 4.40. The largest absolute Gasteiger partial charge is 0.488 e. The molecule has 0 aliphatic heterocycles. The number of ether oxygens (including phenoxy) is 1. The van der Waals surface area contributed by atoms with Crippen LogP contribution in [0, 0.1) is 10.1 Å². The number of nitro groups is 1. The predicted molar refractivity (Wildman–Crippen MR) is 105 cm³/mol. The summed E-state index contributed by atoms with van der Waals surface area (Å²) in [6.07, 6.45) is 0.762. The Bertz CT molecular complexity index is 752. The third kappa shape index (κ3) is 6.34. The quantitative estimate of drug-likeness (QED) is 0.402. The minimum Gasteiger partial charge on any atom is -0.488 e. The molecule has 0 saturated carbocycles. The maximum atomic E-state index is 10.8. The normalized spacial score (nSPS) is 11.4. The summed E-state index contributed by atoms with van der Waals surface area (Å²) in [5.41, 5.74) is 3.37. The van der Waals surface area contributed by atoms with Gasteiger partial charge in [-0.3, -0.25) is 10.1 Å². The van der Waals surface area contributed by atoms with Crippen LogP contribution in [0.2, 0.25) is 0 Å². The van der Waals surface area contributed by atoms with Gasteiger partial charge in [0.25, 0.3) is 5.69 Å². The van der Waals surface area contributed by atoms with Crippen molar-refractivity contribution in [3.63, 3.8) is 0 Å². The number of nitrogens with zero attached hydrogens (tertiary/aromatic N) is 1. The maximum Gasteiger partial charge on any atom is 0.269 e.